The minimum Gasteiger partial charge on any atom is -0.431 e. The molecule has 3 saturated heterocycles. The molecule has 1 amide bonds. The number of ether oxygens (including phenoxy) is 1. The van der Waals surface area contributed by atoms with E-state index in [2.05, 4.69) is 39.3 Å². The number of aromatic nitrogens is 2. The summed E-state index contributed by atoms with van der Waals surface area (Å²) in [7, 11) is 0. The zero-order valence-electron chi connectivity index (χ0n) is 19.4. The molecule has 7 heteroatoms. The van der Waals surface area contributed by atoms with Crippen LogP contribution in [-0.4, -0.2) is 56.5 Å². The van der Waals surface area contributed by atoms with Crippen molar-refractivity contribution in [2.45, 2.75) is 57.3 Å². The second kappa shape index (κ2) is 7.63. The van der Waals surface area contributed by atoms with Crippen molar-refractivity contribution in [1.29, 1.82) is 0 Å². The predicted molar refractivity (Wildman–Crippen MR) is 134 cm³/mol. The van der Waals surface area contributed by atoms with Crippen LogP contribution in [-0.2, 0) is 11.3 Å². The maximum absolute atomic E-state index is 12.3. The average molecular weight is 474 g/mol. The molecule has 0 spiro atoms. The smallest absolute Gasteiger partial charge is 0.311 e. The first-order chi connectivity index (χ1) is 16.6. The molecule has 3 aliphatic rings. The summed E-state index contributed by atoms with van der Waals surface area (Å²) in [5, 5.41) is 1.93. The SMILES string of the molecule is CC(=O)[N+]1(C2CC3CCC(C2)N3Cc2c[nH]c3cc(Oc4nc5ccccc5s4)ccc23)CC1. The Hall–Kier alpha value is -2.74. The van der Waals surface area contributed by atoms with E-state index in [9.17, 15) is 4.79 Å². The van der Waals surface area contributed by atoms with Gasteiger partial charge in [0.15, 0.2) is 0 Å². The first-order valence-electron chi connectivity index (χ1n) is 12.4. The highest BCUT2D eigenvalue weighted by atomic mass is 32.1. The molecule has 0 saturated carbocycles. The van der Waals surface area contributed by atoms with Gasteiger partial charge in [-0.15, -0.1) is 0 Å². The van der Waals surface area contributed by atoms with Crippen molar-refractivity contribution in [1.82, 2.24) is 14.9 Å². The van der Waals surface area contributed by atoms with E-state index in [1.807, 2.05) is 24.3 Å². The molecule has 0 radical (unpaired) electrons. The average Bonchev–Trinajstić information content (AvgIpc) is 3.34. The fourth-order valence-electron chi connectivity index (χ4n) is 6.50. The lowest BCUT2D eigenvalue weighted by atomic mass is 9.95. The summed E-state index contributed by atoms with van der Waals surface area (Å²) in [6.07, 6.45) is 7.02. The molecule has 2 aromatic carbocycles. The lowest BCUT2D eigenvalue weighted by Crippen LogP contribution is -2.53. The number of rotatable bonds is 5. The third-order valence-electron chi connectivity index (χ3n) is 8.46. The van der Waals surface area contributed by atoms with E-state index in [4.69, 9.17) is 4.74 Å². The van der Waals surface area contributed by atoms with Crippen molar-refractivity contribution in [3.05, 3.63) is 54.2 Å². The third kappa shape index (κ3) is 3.29. The summed E-state index contributed by atoms with van der Waals surface area (Å²) in [4.78, 5) is 23.0. The Kier molecular flexibility index (Phi) is 4.63. The summed E-state index contributed by atoms with van der Waals surface area (Å²) in [5.74, 6) is 1.18. The number of aromatic amines is 1. The Morgan fingerprint density at radius 2 is 1.97 bits per heavy atom. The van der Waals surface area contributed by atoms with Crippen LogP contribution in [0, 0.1) is 0 Å². The van der Waals surface area contributed by atoms with Crippen LogP contribution in [0.3, 0.4) is 0 Å². The molecule has 1 N–H and O–H groups in total. The molecule has 34 heavy (non-hydrogen) atoms. The van der Waals surface area contributed by atoms with Gasteiger partial charge in [0.2, 0.25) is 0 Å². The monoisotopic (exact) mass is 473 g/mol. The van der Waals surface area contributed by atoms with Gasteiger partial charge < -0.3 is 9.72 Å². The van der Waals surface area contributed by atoms with E-state index < -0.39 is 0 Å². The fraction of sp³-hybridized carbons (Fsp3) is 0.407. The minimum atomic E-state index is 0.373. The van der Waals surface area contributed by atoms with Crippen molar-refractivity contribution >= 4 is 38.4 Å². The van der Waals surface area contributed by atoms with Crippen LogP contribution in [0.2, 0.25) is 0 Å². The molecule has 3 fully saturated rings. The first-order valence-corrected chi connectivity index (χ1v) is 13.2. The number of thiazole rings is 1. The summed E-state index contributed by atoms with van der Waals surface area (Å²) in [6, 6.07) is 16.1. The highest BCUT2D eigenvalue weighted by Crippen LogP contribution is 2.44. The van der Waals surface area contributed by atoms with Gasteiger partial charge in [0.05, 0.1) is 23.2 Å². The van der Waals surface area contributed by atoms with E-state index >= 15 is 0 Å². The number of carbonyl (C=O) groups excluding carboxylic acids is 1. The zero-order valence-corrected chi connectivity index (χ0v) is 20.2. The van der Waals surface area contributed by atoms with Crippen LogP contribution >= 0.6 is 11.3 Å². The topological polar surface area (TPSA) is 58.2 Å². The molecule has 174 valence electrons. The highest BCUT2D eigenvalue weighted by Gasteiger charge is 2.57. The molecule has 2 atom stereocenters. The number of carbonyl (C=O) groups is 1. The van der Waals surface area contributed by atoms with Crippen LogP contribution in [0.25, 0.3) is 21.1 Å². The number of piperidine rings is 1. The maximum Gasteiger partial charge on any atom is 0.311 e. The number of fused-ring (bicyclic) bond motifs is 4. The molecule has 2 bridgehead atoms. The largest absolute Gasteiger partial charge is 0.431 e. The number of benzene rings is 2. The number of nitrogens with zero attached hydrogens (tertiary/aromatic N) is 3. The zero-order chi connectivity index (χ0) is 22.9. The second-order valence-corrected chi connectivity index (χ2v) is 11.2. The van der Waals surface area contributed by atoms with Crippen molar-refractivity contribution in [3.63, 3.8) is 0 Å². The van der Waals surface area contributed by atoms with Crippen molar-refractivity contribution in [2.24, 2.45) is 0 Å². The van der Waals surface area contributed by atoms with Gasteiger partial charge in [0, 0.05) is 54.6 Å². The van der Waals surface area contributed by atoms with Gasteiger partial charge in [0.25, 0.3) is 5.19 Å². The lowest BCUT2D eigenvalue weighted by Gasteiger charge is -2.40. The van der Waals surface area contributed by atoms with Crippen LogP contribution in [0.4, 0.5) is 0 Å². The van der Waals surface area contributed by atoms with Gasteiger partial charge in [-0.25, -0.2) is 14.3 Å². The van der Waals surface area contributed by atoms with Gasteiger partial charge in [-0.05, 0) is 42.7 Å². The number of quaternary nitrogens is 1. The summed E-state index contributed by atoms with van der Waals surface area (Å²) in [6.45, 7) is 4.88. The standard InChI is InChI=1S/C27H29N4O2S/c1-17(32)31(10-11-31)21-12-19-6-7-20(13-21)30(19)16-18-15-28-25-14-22(8-9-23(18)25)33-27-29-24-4-2-3-5-26(24)34-27/h2-5,8-9,14-15,19-21,28H,6-7,10-13,16H2,1H3/q+1. The molecular weight excluding hydrogens is 444 g/mol. The number of amides is 1. The quantitative estimate of drug-likeness (QED) is 0.310. The number of nitrogens with one attached hydrogen (secondary N) is 1. The number of H-pyrrole nitrogens is 1. The molecule has 5 heterocycles. The van der Waals surface area contributed by atoms with Crippen LogP contribution in [0.15, 0.2) is 48.7 Å². The van der Waals surface area contributed by atoms with Crippen molar-refractivity contribution < 1.29 is 14.0 Å². The molecule has 6 nitrogen and oxygen atoms in total. The predicted octanol–water partition coefficient (Wildman–Crippen LogP) is 5.44. The van der Waals surface area contributed by atoms with E-state index in [0.29, 0.717) is 29.2 Å². The van der Waals surface area contributed by atoms with E-state index in [0.717, 1.165) is 45.6 Å². The number of hydrogen-bond donors (Lipinski definition) is 1. The lowest BCUT2D eigenvalue weighted by molar-refractivity contribution is -0.752. The van der Waals surface area contributed by atoms with Gasteiger partial charge >= 0.3 is 5.91 Å². The molecule has 2 unspecified atom stereocenters. The normalized spacial score (nSPS) is 25.7. The van der Waals surface area contributed by atoms with Crippen LogP contribution < -0.4 is 4.74 Å². The Bertz CT molecular complexity index is 1360. The van der Waals surface area contributed by atoms with Gasteiger partial charge in [-0.3, -0.25) is 4.90 Å². The van der Waals surface area contributed by atoms with E-state index in [-0.39, 0.29) is 0 Å². The molecular formula is C27H29N4O2S+. The van der Waals surface area contributed by atoms with E-state index in [1.54, 1.807) is 18.3 Å². The fourth-order valence-corrected chi connectivity index (χ4v) is 7.34. The van der Waals surface area contributed by atoms with Crippen LogP contribution in [0.5, 0.6) is 10.9 Å². The Labute approximate surface area is 202 Å². The molecule has 4 aromatic rings. The Morgan fingerprint density at radius 1 is 1.18 bits per heavy atom. The van der Waals surface area contributed by atoms with E-state index in [1.165, 1.54) is 36.6 Å². The Morgan fingerprint density at radius 3 is 2.71 bits per heavy atom. The van der Waals surface area contributed by atoms with Crippen LogP contribution in [0.1, 0.15) is 38.2 Å². The summed E-state index contributed by atoms with van der Waals surface area (Å²) < 4.78 is 7.98. The van der Waals surface area contributed by atoms with Gasteiger partial charge in [-0.1, -0.05) is 23.5 Å². The second-order valence-electron chi connectivity index (χ2n) is 10.3. The van der Waals surface area contributed by atoms with Gasteiger partial charge in [0.1, 0.15) is 18.8 Å². The number of para-hydroxylation sites is 1. The van der Waals surface area contributed by atoms with Crippen molar-refractivity contribution in [2.75, 3.05) is 13.1 Å². The first kappa shape index (κ1) is 20.6. The van der Waals surface area contributed by atoms with Crippen molar-refractivity contribution in [3.8, 4) is 10.9 Å². The maximum atomic E-state index is 12.3. The molecule has 3 aliphatic heterocycles. The third-order valence-corrected chi connectivity index (χ3v) is 9.38. The molecule has 0 aliphatic carbocycles. The highest BCUT2D eigenvalue weighted by molar-refractivity contribution is 7.20. The molecule has 2 aromatic heterocycles. The molecule has 7 rings (SSSR count). The summed E-state index contributed by atoms with van der Waals surface area (Å²) >= 11 is 1.57. The Balaban J connectivity index is 1.08. The van der Waals surface area contributed by atoms with Gasteiger partial charge in [-0.2, -0.15) is 0 Å². The minimum absolute atomic E-state index is 0.373. The number of hydrogen-bond acceptors (Lipinski definition) is 5. The summed E-state index contributed by atoms with van der Waals surface area (Å²) in [5.41, 5.74) is 3.42.